The zero-order valence-corrected chi connectivity index (χ0v) is 13.4. The number of aromatic nitrogens is 4. The molecule has 0 saturated heterocycles. The zero-order chi connectivity index (χ0) is 17.1. The number of hydrogen-bond donors (Lipinski definition) is 1. The minimum Gasteiger partial charge on any atom is -0.321 e. The van der Waals surface area contributed by atoms with Crippen LogP contribution >= 0.6 is 0 Å². The van der Waals surface area contributed by atoms with Gasteiger partial charge in [-0.05, 0) is 25.1 Å². The van der Waals surface area contributed by atoms with E-state index in [0.717, 1.165) is 5.56 Å². The maximum Gasteiger partial charge on any atom is 0.255 e. The minimum atomic E-state index is -0.239. The lowest BCUT2D eigenvalue weighted by molar-refractivity contribution is 0.102. The third-order valence-electron chi connectivity index (χ3n) is 3.59. The number of anilines is 1. The highest BCUT2D eigenvalue weighted by Crippen LogP contribution is 2.16. The highest BCUT2D eigenvalue weighted by molar-refractivity contribution is 6.04. The van der Waals surface area contributed by atoms with Crippen molar-refractivity contribution in [2.45, 2.75) is 13.5 Å². The summed E-state index contributed by atoms with van der Waals surface area (Å²) < 4.78 is 3.16. The van der Waals surface area contributed by atoms with Crippen LogP contribution in [0.2, 0.25) is 0 Å². The van der Waals surface area contributed by atoms with Crippen LogP contribution in [-0.4, -0.2) is 25.2 Å². The molecule has 7 heteroatoms. The average molecular weight is 323 g/mol. The third kappa shape index (κ3) is 3.24. The van der Waals surface area contributed by atoms with Crippen molar-refractivity contribution in [2.24, 2.45) is 7.05 Å². The standard InChI is InChI=1S/C17H17N5O2/c1-3-22-10-14(8-9-15(22)23)19-17(24)13-6-4-12(5-7-13)16-18-11-21(2)20-16/h4-11H,3H2,1-2H3,(H,19,24). The van der Waals surface area contributed by atoms with Crippen molar-refractivity contribution in [1.82, 2.24) is 19.3 Å². The van der Waals surface area contributed by atoms with Gasteiger partial charge in [0, 0.05) is 37.0 Å². The summed E-state index contributed by atoms with van der Waals surface area (Å²) in [5.41, 5.74) is 1.84. The van der Waals surface area contributed by atoms with E-state index in [4.69, 9.17) is 0 Å². The second kappa shape index (κ2) is 6.49. The van der Waals surface area contributed by atoms with Gasteiger partial charge in [0.2, 0.25) is 0 Å². The molecule has 0 aliphatic carbocycles. The first kappa shape index (κ1) is 15.7. The average Bonchev–Trinajstić information content (AvgIpc) is 3.03. The van der Waals surface area contributed by atoms with Gasteiger partial charge in [0.1, 0.15) is 6.33 Å². The first-order chi connectivity index (χ1) is 11.6. The Morgan fingerprint density at radius 2 is 1.92 bits per heavy atom. The van der Waals surface area contributed by atoms with Gasteiger partial charge in [-0.3, -0.25) is 14.3 Å². The summed E-state index contributed by atoms with van der Waals surface area (Å²) in [4.78, 5) is 28.1. The molecule has 1 aromatic carbocycles. The highest BCUT2D eigenvalue weighted by Gasteiger charge is 2.09. The molecule has 0 aliphatic rings. The first-order valence-corrected chi connectivity index (χ1v) is 7.54. The van der Waals surface area contributed by atoms with Crippen molar-refractivity contribution in [3.8, 4) is 11.4 Å². The van der Waals surface area contributed by atoms with Gasteiger partial charge in [-0.2, -0.15) is 5.10 Å². The first-order valence-electron chi connectivity index (χ1n) is 7.54. The van der Waals surface area contributed by atoms with Gasteiger partial charge in [-0.25, -0.2) is 4.98 Å². The maximum atomic E-state index is 12.3. The number of nitrogens with zero attached hydrogens (tertiary/aromatic N) is 4. The van der Waals surface area contributed by atoms with Crippen LogP contribution in [0.15, 0.2) is 53.7 Å². The predicted octanol–water partition coefficient (Wildman–Crippen LogP) is 1.92. The molecule has 0 radical (unpaired) electrons. The number of amides is 1. The topological polar surface area (TPSA) is 81.8 Å². The van der Waals surface area contributed by atoms with E-state index in [-0.39, 0.29) is 11.5 Å². The lowest BCUT2D eigenvalue weighted by Crippen LogP contribution is -2.19. The number of rotatable bonds is 4. The minimum absolute atomic E-state index is 0.0947. The summed E-state index contributed by atoms with van der Waals surface area (Å²) in [5.74, 6) is 0.372. The van der Waals surface area contributed by atoms with E-state index in [1.165, 1.54) is 10.6 Å². The molecule has 122 valence electrons. The molecule has 1 amide bonds. The van der Waals surface area contributed by atoms with Gasteiger partial charge in [0.15, 0.2) is 5.82 Å². The van der Waals surface area contributed by atoms with Gasteiger partial charge >= 0.3 is 0 Å². The Kier molecular flexibility index (Phi) is 4.24. The summed E-state index contributed by atoms with van der Waals surface area (Å²) in [6.45, 7) is 2.42. The number of nitrogens with one attached hydrogen (secondary N) is 1. The number of pyridine rings is 1. The van der Waals surface area contributed by atoms with Gasteiger partial charge < -0.3 is 9.88 Å². The summed E-state index contributed by atoms with van der Waals surface area (Å²) in [7, 11) is 1.80. The Morgan fingerprint density at radius 3 is 2.54 bits per heavy atom. The van der Waals surface area contributed by atoms with Crippen molar-refractivity contribution in [3.63, 3.8) is 0 Å². The van der Waals surface area contributed by atoms with Crippen LogP contribution in [0.1, 0.15) is 17.3 Å². The lowest BCUT2D eigenvalue weighted by atomic mass is 10.1. The molecule has 0 fully saturated rings. The number of benzene rings is 1. The van der Waals surface area contributed by atoms with Gasteiger partial charge in [0.05, 0.1) is 5.69 Å². The molecule has 0 unspecified atom stereocenters. The van der Waals surface area contributed by atoms with E-state index >= 15 is 0 Å². The van der Waals surface area contributed by atoms with Crippen molar-refractivity contribution >= 4 is 11.6 Å². The van der Waals surface area contributed by atoms with Crippen LogP contribution in [0.4, 0.5) is 5.69 Å². The monoisotopic (exact) mass is 323 g/mol. The van der Waals surface area contributed by atoms with Crippen molar-refractivity contribution in [3.05, 3.63) is 64.8 Å². The summed E-state index contributed by atoms with van der Waals surface area (Å²) in [6.07, 6.45) is 3.25. The van der Waals surface area contributed by atoms with Crippen LogP contribution in [0.5, 0.6) is 0 Å². The molecule has 3 rings (SSSR count). The highest BCUT2D eigenvalue weighted by atomic mass is 16.1. The van der Waals surface area contributed by atoms with E-state index in [0.29, 0.717) is 23.6 Å². The fourth-order valence-electron chi connectivity index (χ4n) is 2.30. The Hall–Kier alpha value is -3.22. The number of hydrogen-bond acceptors (Lipinski definition) is 4. The van der Waals surface area contributed by atoms with E-state index in [1.54, 1.807) is 54.6 Å². The van der Waals surface area contributed by atoms with E-state index in [9.17, 15) is 9.59 Å². The third-order valence-corrected chi connectivity index (χ3v) is 3.59. The molecule has 0 spiro atoms. The van der Waals surface area contributed by atoms with Crippen molar-refractivity contribution in [2.75, 3.05) is 5.32 Å². The smallest absolute Gasteiger partial charge is 0.255 e. The van der Waals surface area contributed by atoms with Crippen LogP contribution in [0, 0.1) is 0 Å². The number of carbonyl (C=O) groups is 1. The Bertz CT molecular complexity index is 925. The second-order valence-electron chi connectivity index (χ2n) is 5.32. The molecule has 7 nitrogen and oxygen atoms in total. The predicted molar refractivity (Wildman–Crippen MR) is 90.8 cm³/mol. The fourth-order valence-corrected chi connectivity index (χ4v) is 2.30. The molecule has 0 bridgehead atoms. The normalized spacial score (nSPS) is 10.6. The molecule has 2 heterocycles. The summed E-state index contributed by atoms with van der Waals surface area (Å²) >= 11 is 0. The molecular weight excluding hydrogens is 306 g/mol. The van der Waals surface area contributed by atoms with E-state index in [2.05, 4.69) is 15.4 Å². The van der Waals surface area contributed by atoms with Crippen LogP contribution in [0.25, 0.3) is 11.4 Å². The van der Waals surface area contributed by atoms with Crippen LogP contribution < -0.4 is 10.9 Å². The lowest BCUT2D eigenvalue weighted by Gasteiger charge is -2.08. The number of carbonyl (C=O) groups excluding carboxylic acids is 1. The molecule has 0 aliphatic heterocycles. The zero-order valence-electron chi connectivity index (χ0n) is 13.4. The second-order valence-corrected chi connectivity index (χ2v) is 5.32. The van der Waals surface area contributed by atoms with Crippen molar-refractivity contribution < 1.29 is 4.79 Å². The van der Waals surface area contributed by atoms with Crippen LogP contribution in [0.3, 0.4) is 0 Å². The molecular formula is C17H17N5O2. The van der Waals surface area contributed by atoms with Gasteiger partial charge in [-0.15, -0.1) is 0 Å². The number of aryl methyl sites for hydroxylation is 2. The molecule has 0 atom stereocenters. The summed E-state index contributed by atoms with van der Waals surface area (Å²) in [5, 5.41) is 7.01. The Balaban J connectivity index is 1.77. The quantitative estimate of drug-likeness (QED) is 0.795. The SMILES string of the molecule is CCn1cc(NC(=O)c2ccc(-c3ncn(C)n3)cc2)ccc1=O. The van der Waals surface area contributed by atoms with E-state index in [1.807, 2.05) is 6.92 Å². The maximum absolute atomic E-state index is 12.3. The molecule has 1 N–H and O–H groups in total. The Labute approximate surface area is 138 Å². The van der Waals surface area contributed by atoms with Gasteiger partial charge in [-0.1, -0.05) is 12.1 Å². The largest absolute Gasteiger partial charge is 0.321 e. The Morgan fingerprint density at radius 1 is 1.17 bits per heavy atom. The summed E-state index contributed by atoms with van der Waals surface area (Å²) in [6, 6.07) is 10.1. The fraction of sp³-hybridized carbons (Fsp3) is 0.176. The molecule has 2 aromatic heterocycles. The molecule has 0 saturated carbocycles. The van der Waals surface area contributed by atoms with Gasteiger partial charge in [0.25, 0.3) is 11.5 Å². The van der Waals surface area contributed by atoms with Crippen LogP contribution in [-0.2, 0) is 13.6 Å². The van der Waals surface area contributed by atoms with E-state index < -0.39 is 0 Å². The molecule has 3 aromatic rings. The molecule has 24 heavy (non-hydrogen) atoms. The van der Waals surface area contributed by atoms with Crippen molar-refractivity contribution in [1.29, 1.82) is 0 Å².